The molecule has 24 heavy (non-hydrogen) atoms. The first-order valence-corrected chi connectivity index (χ1v) is 9.03. The molecule has 0 saturated carbocycles. The molecule has 134 valence electrons. The molecule has 1 amide bonds. The topological polar surface area (TPSA) is 67.6 Å². The van der Waals surface area contributed by atoms with Crippen LogP contribution in [0.25, 0.3) is 0 Å². The van der Waals surface area contributed by atoms with Crippen LogP contribution in [0.15, 0.2) is 10.6 Å². The summed E-state index contributed by atoms with van der Waals surface area (Å²) in [4.78, 5) is 15.0. The summed E-state index contributed by atoms with van der Waals surface area (Å²) in [7, 11) is 0. The van der Waals surface area contributed by atoms with Crippen molar-refractivity contribution in [2.45, 2.75) is 57.9 Å². The lowest BCUT2D eigenvalue weighted by Crippen LogP contribution is -2.42. The number of nitrogens with one attached hydrogen (secondary N) is 1. The fourth-order valence-electron chi connectivity index (χ4n) is 3.49. The minimum Gasteiger partial charge on any atom is -0.381 e. The average Bonchev–Trinajstić information content (AvgIpc) is 3.17. The Bertz CT molecular complexity index is 558. The molecule has 1 atom stereocenters. The van der Waals surface area contributed by atoms with E-state index in [4.69, 9.17) is 9.26 Å². The number of hydrogen-bond acceptors (Lipinski definition) is 5. The Hall–Kier alpha value is -1.40. The number of amides is 1. The van der Waals surface area contributed by atoms with Gasteiger partial charge in [0.25, 0.3) is 0 Å². The third kappa shape index (κ3) is 4.16. The van der Waals surface area contributed by atoms with E-state index in [0.29, 0.717) is 11.8 Å². The molecule has 3 heterocycles. The number of ether oxygens (including phenoxy) is 1. The van der Waals surface area contributed by atoms with E-state index in [0.717, 1.165) is 57.7 Å². The highest BCUT2D eigenvalue weighted by atomic mass is 16.5. The van der Waals surface area contributed by atoms with Crippen LogP contribution in [-0.2, 0) is 14.9 Å². The largest absolute Gasteiger partial charge is 0.381 e. The van der Waals surface area contributed by atoms with Crippen molar-refractivity contribution in [1.82, 2.24) is 10.1 Å². The van der Waals surface area contributed by atoms with Gasteiger partial charge in [-0.25, -0.2) is 0 Å². The minimum absolute atomic E-state index is 0.0242. The Morgan fingerprint density at radius 3 is 2.75 bits per heavy atom. The predicted molar refractivity (Wildman–Crippen MR) is 92.0 cm³/mol. The lowest BCUT2D eigenvalue weighted by Gasteiger charge is -2.30. The number of aromatic nitrogens is 1. The molecule has 2 saturated heterocycles. The zero-order valence-corrected chi connectivity index (χ0v) is 15.0. The van der Waals surface area contributed by atoms with Crippen molar-refractivity contribution in [2.75, 3.05) is 31.6 Å². The van der Waals surface area contributed by atoms with Gasteiger partial charge in [-0.15, -0.1) is 0 Å². The second-order valence-corrected chi connectivity index (χ2v) is 8.02. The summed E-state index contributed by atoms with van der Waals surface area (Å²) < 4.78 is 10.7. The smallest absolute Gasteiger partial charge is 0.244 e. The Morgan fingerprint density at radius 2 is 2.08 bits per heavy atom. The Balaban J connectivity index is 1.58. The van der Waals surface area contributed by atoms with E-state index >= 15 is 0 Å². The number of rotatable bonds is 4. The summed E-state index contributed by atoms with van der Waals surface area (Å²) >= 11 is 0. The second-order valence-electron chi connectivity index (χ2n) is 8.02. The van der Waals surface area contributed by atoms with Crippen LogP contribution >= 0.6 is 0 Å². The van der Waals surface area contributed by atoms with Crippen LogP contribution in [0, 0.1) is 5.92 Å². The van der Waals surface area contributed by atoms with E-state index in [1.165, 1.54) is 0 Å². The van der Waals surface area contributed by atoms with Gasteiger partial charge in [-0.1, -0.05) is 25.9 Å². The first-order valence-electron chi connectivity index (χ1n) is 9.03. The molecule has 3 rings (SSSR count). The second kappa shape index (κ2) is 7.23. The lowest BCUT2D eigenvalue weighted by atomic mass is 9.92. The summed E-state index contributed by atoms with van der Waals surface area (Å²) in [5, 5.41) is 6.97. The summed E-state index contributed by atoms with van der Waals surface area (Å²) in [6, 6.07) is 1.77. The minimum atomic E-state index is -0.0884. The fraction of sp³-hybridized carbons (Fsp3) is 0.778. The van der Waals surface area contributed by atoms with Crippen LogP contribution in [0.4, 0.5) is 5.88 Å². The third-order valence-electron chi connectivity index (χ3n) is 5.02. The van der Waals surface area contributed by atoms with E-state index in [-0.39, 0.29) is 17.4 Å². The Labute approximate surface area is 143 Å². The van der Waals surface area contributed by atoms with Crippen LogP contribution < -0.4 is 5.32 Å². The van der Waals surface area contributed by atoms with Crippen LogP contribution in [0.5, 0.6) is 0 Å². The molecule has 1 N–H and O–H groups in total. The number of nitrogens with zero attached hydrogens (tertiary/aromatic N) is 2. The molecule has 2 aliphatic heterocycles. The van der Waals surface area contributed by atoms with Gasteiger partial charge in [-0.3, -0.25) is 15.0 Å². The summed E-state index contributed by atoms with van der Waals surface area (Å²) in [6.45, 7) is 9.91. The fourth-order valence-corrected chi connectivity index (χ4v) is 3.49. The number of carbonyl (C=O) groups excluding carboxylic acids is 1. The number of carbonyl (C=O) groups is 1. The van der Waals surface area contributed by atoms with Gasteiger partial charge in [-0.2, -0.15) is 0 Å². The normalized spacial score (nSPS) is 23.5. The summed E-state index contributed by atoms with van der Waals surface area (Å²) in [5.74, 6) is 1.11. The SMILES string of the molecule is CC(C)(C)c1cc(NC(=O)C2CCCN2CC2CCOCC2)on1. The highest BCUT2D eigenvalue weighted by Crippen LogP contribution is 2.26. The van der Waals surface area contributed by atoms with Crippen LogP contribution in [-0.4, -0.2) is 48.3 Å². The summed E-state index contributed by atoms with van der Waals surface area (Å²) in [6.07, 6.45) is 4.18. The van der Waals surface area contributed by atoms with Gasteiger partial charge in [0.15, 0.2) is 0 Å². The van der Waals surface area contributed by atoms with Gasteiger partial charge in [-0.05, 0) is 38.1 Å². The molecule has 1 unspecified atom stereocenters. The van der Waals surface area contributed by atoms with E-state index in [2.05, 4.69) is 36.1 Å². The van der Waals surface area contributed by atoms with E-state index in [1.54, 1.807) is 0 Å². The first kappa shape index (κ1) is 17.4. The molecule has 1 aromatic heterocycles. The van der Waals surface area contributed by atoms with Crippen molar-refractivity contribution in [3.05, 3.63) is 11.8 Å². The van der Waals surface area contributed by atoms with E-state index in [9.17, 15) is 4.79 Å². The molecular weight excluding hydrogens is 306 g/mol. The average molecular weight is 335 g/mol. The van der Waals surface area contributed by atoms with Crippen molar-refractivity contribution in [2.24, 2.45) is 5.92 Å². The zero-order valence-electron chi connectivity index (χ0n) is 15.0. The highest BCUT2D eigenvalue weighted by molar-refractivity contribution is 5.93. The molecule has 2 aliphatic rings. The van der Waals surface area contributed by atoms with Gasteiger partial charge in [0.05, 0.1) is 11.7 Å². The highest BCUT2D eigenvalue weighted by Gasteiger charge is 2.33. The first-order chi connectivity index (χ1) is 11.4. The van der Waals surface area contributed by atoms with Crippen LogP contribution in [0.2, 0.25) is 0 Å². The summed E-state index contributed by atoms with van der Waals surface area (Å²) in [5.41, 5.74) is 0.762. The number of anilines is 1. The predicted octanol–water partition coefficient (Wildman–Crippen LogP) is 2.80. The van der Waals surface area contributed by atoms with Gasteiger partial charge >= 0.3 is 0 Å². The van der Waals surface area contributed by atoms with E-state index in [1.807, 2.05) is 6.07 Å². The van der Waals surface area contributed by atoms with Gasteiger partial charge < -0.3 is 9.26 Å². The Morgan fingerprint density at radius 1 is 1.33 bits per heavy atom. The van der Waals surface area contributed by atoms with Crippen molar-refractivity contribution < 1.29 is 14.1 Å². The third-order valence-corrected chi connectivity index (χ3v) is 5.02. The number of hydrogen-bond donors (Lipinski definition) is 1. The van der Waals surface area contributed by atoms with Crippen LogP contribution in [0.1, 0.15) is 52.1 Å². The van der Waals surface area contributed by atoms with Crippen LogP contribution in [0.3, 0.4) is 0 Å². The quantitative estimate of drug-likeness (QED) is 0.916. The molecule has 1 aromatic rings. The molecule has 0 bridgehead atoms. The van der Waals surface area contributed by atoms with Crippen molar-refractivity contribution in [3.63, 3.8) is 0 Å². The maximum atomic E-state index is 12.7. The zero-order chi connectivity index (χ0) is 17.2. The Kier molecular flexibility index (Phi) is 5.25. The maximum absolute atomic E-state index is 12.7. The molecule has 0 aromatic carbocycles. The molecule has 6 heteroatoms. The molecule has 2 fully saturated rings. The van der Waals surface area contributed by atoms with Crippen molar-refractivity contribution >= 4 is 11.8 Å². The number of likely N-dealkylation sites (tertiary alicyclic amines) is 1. The van der Waals surface area contributed by atoms with Gasteiger partial charge in [0.2, 0.25) is 11.8 Å². The molecular formula is C18H29N3O3. The maximum Gasteiger partial charge on any atom is 0.244 e. The molecule has 0 spiro atoms. The van der Waals surface area contributed by atoms with Crippen molar-refractivity contribution in [1.29, 1.82) is 0 Å². The van der Waals surface area contributed by atoms with Gasteiger partial charge in [0.1, 0.15) is 0 Å². The van der Waals surface area contributed by atoms with Crippen molar-refractivity contribution in [3.8, 4) is 0 Å². The monoisotopic (exact) mass is 335 g/mol. The standard InChI is InChI=1S/C18H29N3O3/c1-18(2,3)15-11-16(24-20-15)19-17(22)14-5-4-8-21(14)12-13-6-9-23-10-7-13/h11,13-14H,4-10,12H2,1-3H3,(H,19,22). The van der Waals surface area contributed by atoms with E-state index < -0.39 is 0 Å². The molecule has 0 radical (unpaired) electrons. The molecule has 0 aliphatic carbocycles. The molecule has 6 nitrogen and oxygen atoms in total. The lowest BCUT2D eigenvalue weighted by molar-refractivity contribution is -0.120. The van der Waals surface area contributed by atoms with Gasteiger partial charge in [0, 0.05) is 31.2 Å².